The molecule has 150 valence electrons. The van der Waals surface area contributed by atoms with E-state index in [9.17, 15) is 4.79 Å². The summed E-state index contributed by atoms with van der Waals surface area (Å²) in [5.74, 6) is -0.393. The van der Waals surface area contributed by atoms with Gasteiger partial charge in [0.1, 0.15) is 0 Å². The summed E-state index contributed by atoms with van der Waals surface area (Å²) >= 11 is 11.9. The SMILES string of the molecule is Cc1cc(/C=N\NC(=O)c2ccc(Cl)cc2Cl)c(C)n1-c1ccc(N(C)C)cc1. The van der Waals surface area contributed by atoms with Crippen molar-refractivity contribution in [1.82, 2.24) is 9.99 Å². The fraction of sp³-hybridized carbons (Fsp3) is 0.182. The van der Waals surface area contributed by atoms with Crippen molar-refractivity contribution >= 4 is 41.0 Å². The predicted molar refractivity (Wildman–Crippen MR) is 121 cm³/mol. The maximum atomic E-state index is 12.3. The van der Waals surface area contributed by atoms with Crippen molar-refractivity contribution in [2.75, 3.05) is 19.0 Å². The van der Waals surface area contributed by atoms with Crippen molar-refractivity contribution < 1.29 is 4.79 Å². The van der Waals surface area contributed by atoms with Gasteiger partial charge in [0.05, 0.1) is 16.8 Å². The Morgan fingerprint density at radius 3 is 2.38 bits per heavy atom. The summed E-state index contributed by atoms with van der Waals surface area (Å²) in [5, 5.41) is 4.85. The van der Waals surface area contributed by atoms with Crippen LogP contribution in [0.4, 0.5) is 5.69 Å². The highest BCUT2D eigenvalue weighted by Crippen LogP contribution is 2.23. The average molecular weight is 429 g/mol. The number of aromatic nitrogens is 1. The van der Waals surface area contributed by atoms with Gasteiger partial charge in [-0.1, -0.05) is 23.2 Å². The molecule has 0 radical (unpaired) electrons. The van der Waals surface area contributed by atoms with Gasteiger partial charge in [-0.2, -0.15) is 5.10 Å². The molecule has 0 fully saturated rings. The first kappa shape index (κ1) is 21.0. The topological polar surface area (TPSA) is 49.6 Å². The molecule has 0 atom stereocenters. The molecule has 1 aromatic heterocycles. The number of hydrogen-bond donors (Lipinski definition) is 1. The van der Waals surface area contributed by atoms with Crippen LogP contribution in [0.1, 0.15) is 27.3 Å². The first-order valence-electron chi connectivity index (χ1n) is 9.03. The highest BCUT2D eigenvalue weighted by Gasteiger charge is 2.11. The van der Waals surface area contributed by atoms with Crippen LogP contribution in [0.5, 0.6) is 0 Å². The molecule has 7 heteroatoms. The van der Waals surface area contributed by atoms with E-state index in [-0.39, 0.29) is 5.02 Å². The van der Waals surface area contributed by atoms with Crippen molar-refractivity contribution in [2.24, 2.45) is 5.10 Å². The van der Waals surface area contributed by atoms with E-state index in [1.807, 2.05) is 34.0 Å². The summed E-state index contributed by atoms with van der Waals surface area (Å²) < 4.78 is 2.15. The molecule has 3 aromatic rings. The second-order valence-electron chi connectivity index (χ2n) is 6.90. The van der Waals surface area contributed by atoms with E-state index in [1.165, 1.54) is 6.07 Å². The fourth-order valence-electron chi connectivity index (χ4n) is 3.11. The molecule has 0 aliphatic heterocycles. The summed E-state index contributed by atoms with van der Waals surface area (Å²) in [5.41, 5.74) is 8.07. The van der Waals surface area contributed by atoms with Crippen LogP contribution in [-0.4, -0.2) is 30.8 Å². The van der Waals surface area contributed by atoms with E-state index in [4.69, 9.17) is 23.2 Å². The molecule has 3 rings (SSSR count). The maximum absolute atomic E-state index is 12.3. The number of anilines is 1. The third kappa shape index (κ3) is 4.63. The second kappa shape index (κ2) is 8.72. The number of benzene rings is 2. The van der Waals surface area contributed by atoms with Crippen LogP contribution in [0.2, 0.25) is 10.0 Å². The van der Waals surface area contributed by atoms with Gasteiger partial charge in [-0.15, -0.1) is 0 Å². The van der Waals surface area contributed by atoms with Crippen molar-refractivity contribution in [3.05, 3.63) is 81.1 Å². The Morgan fingerprint density at radius 1 is 1.07 bits per heavy atom. The van der Waals surface area contributed by atoms with Gasteiger partial charge in [0.25, 0.3) is 5.91 Å². The Bertz CT molecular complexity index is 1070. The highest BCUT2D eigenvalue weighted by atomic mass is 35.5. The standard InChI is InChI=1S/C22H22Cl2N4O/c1-14-11-16(13-25-26-22(29)20-10-5-17(23)12-21(20)24)15(2)28(14)19-8-6-18(7-9-19)27(3)4/h5-13H,1-4H3,(H,26,29)/b25-13-. The molecule has 1 heterocycles. The van der Waals surface area contributed by atoms with Crippen molar-refractivity contribution in [2.45, 2.75) is 13.8 Å². The number of carbonyl (C=O) groups excluding carboxylic acids is 1. The molecule has 1 N–H and O–H groups in total. The molecule has 0 saturated heterocycles. The minimum absolute atomic E-state index is 0.282. The Labute approximate surface area is 180 Å². The number of amides is 1. The zero-order chi connectivity index (χ0) is 21.1. The fourth-order valence-corrected chi connectivity index (χ4v) is 3.60. The second-order valence-corrected chi connectivity index (χ2v) is 7.74. The van der Waals surface area contributed by atoms with Crippen molar-refractivity contribution in [1.29, 1.82) is 0 Å². The van der Waals surface area contributed by atoms with Gasteiger partial charge in [-0.25, -0.2) is 5.43 Å². The van der Waals surface area contributed by atoms with Gasteiger partial charge in [-0.3, -0.25) is 4.79 Å². The van der Waals surface area contributed by atoms with E-state index in [0.29, 0.717) is 10.6 Å². The monoisotopic (exact) mass is 428 g/mol. The van der Waals surface area contributed by atoms with Crippen LogP contribution in [0.25, 0.3) is 5.69 Å². The Balaban J connectivity index is 1.78. The Kier molecular flexibility index (Phi) is 6.30. The van der Waals surface area contributed by atoms with E-state index in [2.05, 4.69) is 44.3 Å². The number of nitrogens with one attached hydrogen (secondary N) is 1. The lowest BCUT2D eigenvalue weighted by molar-refractivity contribution is 0.0955. The number of rotatable bonds is 5. The normalized spacial score (nSPS) is 11.1. The Morgan fingerprint density at radius 2 is 1.76 bits per heavy atom. The molecule has 29 heavy (non-hydrogen) atoms. The van der Waals surface area contributed by atoms with Crippen molar-refractivity contribution in [3.63, 3.8) is 0 Å². The summed E-state index contributed by atoms with van der Waals surface area (Å²) in [7, 11) is 4.03. The molecule has 0 saturated carbocycles. The van der Waals surface area contributed by atoms with Crippen LogP contribution >= 0.6 is 23.2 Å². The molecule has 0 aliphatic rings. The quantitative estimate of drug-likeness (QED) is 0.446. The van der Waals surface area contributed by atoms with Crippen LogP contribution in [0, 0.1) is 13.8 Å². The molecule has 0 bridgehead atoms. The molecule has 0 aliphatic carbocycles. The lowest BCUT2D eigenvalue weighted by Gasteiger charge is -2.14. The summed E-state index contributed by atoms with van der Waals surface area (Å²) in [6, 6.07) is 15.1. The summed E-state index contributed by atoms with van der Waals surface area (Å²) in [6.07, 6.45) is 1.63. The minimum Gasteiger partial charge on any atom is -0.378 e. The third-order valence-corrected chi connectivity index (χ3v) is 5.19. The minimum atomic E-state index is -0.393. The lowest BCUT2D eigenvalue weighted by Crippen LogP contribution is -2.18. The number of aryl methyl sites for hydroxylation is 1. The van der Waals surface area contributed by atoms with Crippen LogP contribution < -0.4 is 10.3 Å². The first-order chi connectivity index (χ1) is 13.8. The molecule has 2 aromatic carbocycles. The molecular weight excluding hydrogens is 407 g/mol. The van der Waals surface area contributed by atoms with E-state index in [0.717, 1.165) is 28.3 Å². The summed E-state index contributed by atoms with van der Waals surface area (Å²) in [6.45, 7) is 4.06. The lowest BCUT2D eigenvalue weighted by atomic mass is 10.2. The van der Waals surface area contributed by atoms with Gasteiger partial charge in [0, 0.05) is 47.4 Å². The van der Waals surface area contributed by atoms with Crippen LogP contribution in [0.3, 0.4) is 0 Å². The van der Waals surface area contributed by atoms with Gasteiger partial charge in [-0.05, 0) is 62.4 Å². The average Bonchev–Trinajstić information content (AvgIpc) is 2.95. The molecule has 5 nitrogen and oxygen atoms in total. The zero-order valence-corrected chi connectivity index (χ0v) is 18.2. The third-order valence-electron chi connectivity index (χ3n) is 4.64. The first-order valence-corrected chi connectivity index (χ1v) is 9.78. The van der Waals surface area contributed by atoms with Gasteiger partial charge in [0.15, 0.2) is 0 Å². The molecule has 1 amide bonds. The number of carbonyl (C=O) groups is 1. The van der Waals surface area contributed by atoms with Gasteiger partial charge < -0.3 is 9.47 Å². The zero-order valence-electron chi connectivity index (χ0n) is 16.7. The number of nitrogens with zero attached hydrogens (tertiary/aromatic N) is 3. The smallest absolute Gasteiger partial charge is 0.272 e. The summed E-state index contributed by atoms with van der Waals surface area (Å²) in [4.78, 5) is 14.3. The van der Waals surface area contributed by atoms with E-state index in [1.54, 1.807) is 18.3 Å². The molecular formula is C22H22Cl2N4O. The van der Waals surface area contributed by atoms with Crippen molar-refractivity contribution in [3.8, 4) is 5.69 Å². The number of hydrogen-bond acceptors (Lipinski definition) is 3. The largest absolute Gasteiger partial charge is 0.378 e. The molecule has 0 spiro atoms. The Hall–Kier alpha value is -2.76. The van der Waals surface area contributed by atoms with E-state index >= 15 is 0 Å². The van der Waals surface area contributed by atoms with Gasteiger partial charge in [0.2, 0.25) is 0 Å². The van der Waals surface area contributed by atoms with Crippen LogP contribution in [-0.2, 0) is 0 Å². The maximum Gasteiger partial charge on any atom is 0.272 e. The number of halogens is 2. The predicted octanol–water partition coefficient (Wildman–Crippen LogP) is 5.23. The van der Waals surface area contributed by atoms with Crippen LogP contribution in [0.15, 0.2) is 53.6 Å². The number of hydrazone groups is 1. The van der Waals surface area contributed by atoms with E-state index < -0.39 is 5.91 Å². The highest BCUT2D eigenvalue weighted by molar-refractivity contribution is 6.36. The van der Waals surface area contributed by atoms with Gasteiger partial charge >= 0.3 is 0 Å². The molecule has 0 unspecified atom stereocenters.